The quantitative estimate of drug-likeness (QED) is 0.659. The first-order valence-electron chi connectivity index (χ1n) is 10.2. The van der Waals surface area contributed by atoms with E-state index in [0.29, 0.717) is 19.4 Å². The lowest BCUT2D eigenvalue weighted by Gasteiger charge is -2.39. The highest BCUT2D eigenvalue weighted by molar-refractivity contribution is 5.80. The van der Waals surface area contributed by atoms with Gasteiger partial charge in [0.05, 0.1) is 0 Å². The molecule has 0 radical (unpaired) electrons. The number of likely N-dealkylation sites (tertiary alicyclic amines) is 2. The van der Waals surface area contributed by atoms with E-state index in [-0.39, 0.29) is 17.2 Å². The molecule has 2 amide bonds. The minimum atomic E-state index is 0.0883. The van der Waals surface area contributed by atoms with Crippen molar-refractivity contribution in [2.45, 2.75) is 44.9 Å². The average Bonchev–Trinajstić information content (AvgIpc) is 2.98. The fraction of sp³-hybridized carbons (Fsp3) is 0.636. The zero-order chi connectivity index (χ0) is 19.1. The van der Waals surface area contributed by atoms with Crippen molar-refractivity contribution in [2.75, 3.05) is 39.9 Å². The third-order valence-corrected chi connectivity index (χ3v) is 6.06. The van der Waals surface area contributed by atoms with E-state index in [9.17, 15) is 9.59 Å². The van der Waals surface area contributed by atoms with Crippen molar-refractivity contribution in [3.63, 3.8) is 0 Å². The second kappa shape index (κ2) is 9.36. The lowest BCUT2D eigenvalue weighted by molar-refractivity contribution is -0.133. The van der Waals surface area contributed by atoms with Crippen molar-refractivity contribution < 1.29 is 14.3 Å². The molecule has 2 heterocycles. The first-order chi connectivity index (χ1) is 13.1. The Morgan fingerprint density at radius 3 is 2.59 bits per heavy atom. The molecule has 0 N–H and O–H groups in total. The molecule has 2 fully saturated rings. The van der Waals surface area contributed by atoms with Crippen LogP contribution in [0.5, 0.6) is 0 Å². The van der Waals surface area contributed by atoms with Crippen LogP contribution in [0.4, 0.5) is 0 Å². The van der Waals surface area contributed by atoms with Crippen LogP contribution in [-0.2, 0) is 20.7 Å². The van der Waals surface area contributed by atoms with E-state index in [1.54, 1.807) is 7.11 Å². The SMILES string of the molecule is COCCCN1CC2(CCN(C(=O)CCCc3ccccc3)CC2)CC1=O. The van der Waals surface area contributed by atoms with Gasteiger partial charge in [0, 0.05) is 58.2 Å². The number of amides is 2. The van der Waals surface area contributed by atoms with Crippen LogP contribution in [0.15, 0.2) is 30.3 Å². The van der Waals surface area contributed by atoms with Crippen molar-refractivity contribution in [3.8, 4) is 0 Å². The Labute approximate surface area is 162 Å². The van der Waals surface area contributed by atoms with Crippen LogP contribution in [0.1, 0.15) is 44.1 Å². The number of carbonyl (C=O) groups excluding carboxylic acids is 2. The number of carbonyl (C=O) groups is 2. The monoisotopic (exact) mass is 372 g/mol. The molecule has 0 saturated carbocycles. The number of aryl methyl sites for hydroxylation is 1. The molecule has 1 aromatic rings. The summed E-state index contributed by atoms with van der Waals surface area (Å²) in [5.74, 6) is 0.538. The first kappa shape index (κ1) is 19.9. The van der Waals surface area contributed by atoms with Gasteiger partial charge in [-0.05, 0) is 37.7 Å². The van der Waals surface area contributed by atoms with Gasteiger partial charge in [-0.25, -0.2) is 0 Å². The van der Waals surface area contributed by atoms with Crippen LogP contribution in [0, 0.1) is 5.41 Å². The fourth-order valence-electron chi connectivity index (χ4n) is 4.40. The van der Waals surface area contributed by atoms with Gasteiger partial charge in [-0.2, -0.15) is 0 Å². The minimum Gasteiger partial charge on any atom is -0.385 e. The lowest BCUT2D eigenvalue weighted by atomic mass is 9.77. The highest BCUT2D eigenvalue weighted by atomic mass is 16.5. The Morgan fingerprint density at radius 2 is 1.89 bits per heavy atom. The number of nitrogens with zero attached hydrogens (tertiary/aromatic N) is 2. The van der Waals surface area contributed by atoms with Gasteiger partial charge in [-0.1, -0.05) is 30.3 Å². The largest absolute Gasteiger partial charge is 0.385 e. The van der Waals surface area contributed by atoms with Crippen molar-refractivity contribution in [2.24, 2.45) is 5.41 Å². The molecule has 5 nitrogen and oxygen atoms in total. The number of hydrogen-bond donors (Lipinski definition) is 0. The zero-order valence-electron chi connectivity index (χ0n) is 16.5. The van der Waals surface area contributed by atoms with Gasteiger partial charge < -0.3 is 14.5 Å². The number of benzene rings is 1. The van der Waals surface area contributed by atoms with Crippen LogP contribution in [0.2, 0.25) is 0 Å². The van der Waals surface area contributed by atoms with E-state index >= 15 is 0 Å². The van der Waals surface area contributed by atoms with Crippen LogP contribution < -0.4 is 0 Å². The molecule has 0 aliphatic carbocycles. The Balaban J connectivity index is 1.40. The van der Waals surface area contributed by atoms with Crippen molar-refractivity contribution in [3.05, 3.63) is 35.9 Å². The van der Waals surface area contributed by atoms with Crippen molar-refractivity contribution >= 4 is 11.8 Å². The number of rotatable bonds is 8. The third-order valence-electron chi connectivity index (χ3n) is 6.06. The Morgan fingerprint density at radius 1 is 1.15 bits per heavy atom. The van der Waals surface area contributed by atoms with E-state index in [2.05, 4.69) is 12.1 Å². The highest BCUT2D eigenvalue weighted by Crippen LogP contribution is 2.41. The van der Waals surface area contributed by atoms with Gasteiger partial charge in [0.15, 0.2) is 0 Å². The van der Waals surface area contributed by atoms with Crippen molar-refractivity contribution in [1.82, 2.24) is 9.80 Å². The smallest absolute Gasteiger partial charge is 0.223 e. The molecule has 0 bridgehead atoms. The predicted molar refractivity (Wildman–Crippen MR) is 105 cm³/mol. The second-order valence-corrected chi connectivity index (χ2v) is 8.06. The molecule has 1 aromatic carbocycles. The molecular formula is C22H32N2O3. The van der Waals surface area contributed by atoms with Crippen LogP contribution in [0.25, 0.3) is 0 Å². The van der Waals surface area contributed by atoms with E-state index in [0.717, 1.165) is 58.3 Å². The van der Waals surface area contributed by atoms with E-state index in [4.69, 9.17) is 4.74 Å². The summed E-state index contributed by atoms with van der Waals surface area (Å²) in [4.78, 5) is 28.9. The molecule has 2 aliphatic heterocycles. The van der Waals surface area contributed by atoms with Gasteiger partial charge >= 0.3 is 0 Å². The minimum absolute atomic E-state index is 0.0883. The maximum Gasteiger partial charge on any atom is 0.223 e. The summed E-state index contributed by atoms with van der Waals surface area (Å²) in [6, 6.07) is 10.3. The first-order valence-corrected chi connectivity index (χ1v) is 10.2. The maximum atomic E-state index is 12.5. The Hall–Kier alpha value is -1.88. The molecule has 0 aromatic heterocycles. The standard InChI is InChI=1S/C22H32N2O3/c1-27-16-6-13-24-18-22(17-21(24)26)11-14-23(15-12-22)20(25)10-5-9-19-7-3-2-4-8-19/h2-4,7-8H,5-6,9-18H2,1H3. The van der Waals surface area contributed by atoms with Crippen LogP contribution in [0.3, 0.4) is 0 Å². The van der Waals surface area contributed by atoms with Gasteiger partial charge in [0.25, 0.3) is 0 Å². The van der Waals surface area contributed by atoms with Gasteiger partial charge in [0.1, 0.15) is 0 Å². The summed E-state index contributed by atoms with van der Waals surface area (Å²) in [7, 11) is 1.69. The summed E-state index contributed by atoms with van der Waals surface area (Å²) in [6.45, 7) is 3.93. The third kappa shape index (κ3) is 5.32. The van der Waals surface area contributed by atoms with Crippen LogP contribution >= 0.6 is 0 Å². The van der Waals surface area contributed by atoms with E-state index < -0.39 is 0 Å². The lowest BCUT2D eigenvalue weighted by Crippen LogP contribution is -2.44. The van der Waals surface area contributed by atoms with E-state index in [1.165, 1.54) is 5.56 Å². The topological polar surface area (TPSA) is 49.9 Å². The zero-order valence-corrected chi connectivity index (χ0v) is 16.5. The van der Waals surface area contributed by atoms with E-state index in [1.807, 2.05) is 28.0 Å². The normalized spacial score (nSPS) is 19.1. The second-order valence-electron chi connectivity index (χ2n) is 8.06. The number of ether oxygens (including phenoxy) is 1. The van der Waals surface area contributed by atoms with Gasteiger partial charge in [0.2, 0.25) is 11.8 Å². The van der Waals surface area contributed by atoms with Crippen molar-refractivity contribution in [1.29, 1.82) is 0 Å². The Bertz CT molecular complexity index is 624. The van der Waals surface area contributed by atoms with Crippen LogP contribution in [-0.4, -0.2) is 61.5 Å². The molecule has 3 rings (SSSR count). The average molecular weight is 373 g/mol. The molecular weight excluding hydrogens is 340 g/mol. The molecule has 0 atom stereocenters. The molecule has 5 heteroatoms. The summed E-state index contributed by atoms with van der Waals surface area (Å²) < 4.78 is 5.09. The molecule has 27 heavy (non-hydrogen) atoms. The number of piperidine rings is 1. The Kier molecular flexibility index (Phi) is 6.89. The highest BCUT2D eigenvalue weighted by Gasteiger charge is 2.45. The molecule has 2 aliphatic rings. The molecule has 2 saturated heterocycles. The summed E-state index contributed by atoms with van der Waals surface area (Å²) in [5, 5.41) is 0. The van der Waals surface area contributed by atoms with Gasteiger partial charge in [-0.3, -0.25) is 9.59 Å². The molecule has 0 unspecified atom stereocenters. The summed E-state index contributed by atoms with van der Waals surface area (Å²) in [6.07, 6.45) is 5.91. The maximum absolute atomic E-state index is 12.5. The molecule has 1 spiro atoms. The molecule has 148 valence electrons. The fourth-order valence-corrected chi connectivity index (χ4v) is 4.40. The predicted octanol–water partition coefficient (Wildman–Crippen LogP) is 2.89. The number of hydrogen-bond acceptors (Lipinski definition) is 3. The number of methoxy groups -OCH3 is 1. The summed E-state index contributed by atoms with van der Waals surface area (Å²) >= 11 is 0. The summed E-state index contributed by atoms with van der Waals surface area (Å²) in [5.41, 5.74) is 1.38. The van der Waals surface area contributed by atoms with Gasteiger partial charge in [-0.15, -0.1) is 0 Å².